The lowest BCUT2D eigenvalue weighted by Crippen LogP contribution is -2.23. The smallest absolute Gasteiger partial charge is 0.122 e. The van der Waals surface area contributed by atoms with Gasteiger partial charge >= 0.3 is 0 Å². The summed E-state index contributed by atoms with van der Waals surface area (Å²) in [7, 11) is 0. The van der Waals surface area contributed by atoms with Crippen molar-refractivity contribution >= 4 is 0 Å². The van der Waals surface area contributed by atoms with Crippen LogP contribution in [0, 0.1) is 5.92 Å². The molecule has 2 nitrogen and oxygen atoms in total. The van der Waals surface area contributed by atoms with E-state index in [0.717, 1.165) is 37.7 Å². The summed E-state index contributed by atoms with van der Waals surface area (Å²) < 4.78 is 5.53. The number of hydrogen-bond acceptors (Lipinski definition) is 2. The third-order valence-electron chi connectivity index (χ3n) is 4.25. The number of ether oxygens (including phenoxy) is 1. The van der Waals surface area contributed by atoms with E-state index >= 15 is 0 Å². The molecule has 1 aliphatic carbocycles. The lowest BCUT2D eigenvalue weighted by Gasteiger charge is -2.10. The van der Waals surface area contributed by atoms with Crippen molar-refractivity contribution in [2.75, 3.05) is 19.7 Å². The molecule has 98 valence electrons. The van der Waals surface area contributed by atoms with Crippen molar-refractivity contribution < 1.29 is 4.74 Å². The van der Waals surface area contributed by atoms with Crippen molar-refractivity contribution in [1.29, 1.82) is 0 Å². The molecule has 1 N–H and O–H groups in total. The van der Waals surface area contributed by atoms with E-state index in [2.05, 4.69) is 23.5 Å². The fourth-order valence-corrected chi connectivity index (χ4v) is 3.15. The maximum absolute atomic E-state index is 5.53. The highest BCUT2D eigenvalue weighted by atomic mass is 16.5. The molecule has 0 atom stereocenters. The van der Waals surface area contributed by atoms with E-state index in [9.17, 15) is 0 Å². The van der Waals surface area contributed by atoms with E-state index in [1.54, 1.807) is 0 Å². The Morgan fingerprint density at radius 3 is 3.00 bits per heavy atom. The van der Waals surface area contributed by atoms with E-state index in [1.165, 1.54) is 43.4 Å². The van der Waals surface area contributed by atoms with Crippen molar-refractivity contribution in [3.05, 3.63) is 29.3 Å². The Balaban J connectivity index is 1.42. The highest BCUT2D eigenvalue weighted by Crippen LogP contribution is 2.26. The zero-order valence-electron chi connectivity index (χ0n) is 11.1. The van der Waals surface area contributed by atoms with Gasteiger partial charge in [0.15, 0.2) is 0 Å². The lowest BCUT2D eigenvalue weighted by molar-refractivity contribution is 0.357. The molecule has 0 aromatic heterocycles. The molecule has 0 bridgehead atoms. The van der Waals surface area contributed by atoms with Gasteiger partial charge in [0.05, 0.1) is 6.61 Å². The highest BCUT2D eigenvalue weighted by Gasteiger charge is 2.14. The van der Waals surface area contributed by atoms with Crippen LogP contribution in [0.15, 0.2) is 18.2 Å². The van der Waals surface area contributed by atoms with Gasteiger partial charge < -0.3 is 10.1 Å². The maximum atomic E-state index is 5.53. The second-order valence-electron chi connectivity index (χ2n) is 5.65. The topological polar surface area (TPSA) is 21.3 Å². The summed E-state index contributed by atoms with van der Waals surface area (Å²) >= 11 is 0. The fourth-order valence-electron chi connectivity index (χ4n) is 3.15. The second kappa shape index (κ2) is 5.75. The predicted molar refractivity (Wildman–Crippen MR) is 74.2 cm³/mol. The molecule has 2 heteroatoms. The third kappa shape index (κ3) is 2.86. The predicted octanol–water partition coefficient (Wildman–Crippen LogP) is 2.94. The van der Waals surface area contributed by atoms with E-state index in [4.69, 9.17) is 4.74 Å². The minimum absolute atomic E-state index is 0.860. The van der Waals surface area contributed by atoms with Gasteiger partial charge in [-0.05, 0) is 55.5 Å². The van der Waals surface area contributed by atoms with Crippen LogP contribution >= 0.6 is 0 Å². The Kier molecular flexibility index (Phi) is 3.84. The van der Waals surface area contributed by atoms with Gasteiger partial charge in [-0.25, -0.2) is 0 Å². The van der Waals surface area contributed by atoms with Crippen LogP contribution in [-0.4, -0.2) is 19.7 Å². The fraction of sp³-hybridized carbons (Fsp3) is 0.625. The maximum Gasteiger partial charge on any atom is 0.122 e. The van der Waals surface area contributed by atoms with Crippen LogP contribution < -0.4 is 10.1 Å². The zero-order valence-corrected chi connectivity index (χ0v) is 11.1. The normalized spacial score (nSPS) is 18.9. The lowest BCUT2D eigenvalue weighted by atomic mass is 10.1. The van der Waals surface area contributed by atoms with Gasteiger partial charge in [0.2, 0.25) is 0 Å². The highest BCUT2D eigenvalue weighted by molar-refractivity contribution is 5.39. The summed E-state index contributed by atoms with van der Waals surface area (Å²) in [4.78, 5) is 0. The summed E-state index contributed by atoms with van der Waals surface area (Å²) in [6, 6.07) is 6.66. The summed E-state index contributed by atoms with van der Waals surface area (Å²) in [5.41, 5.74) is 2.83. The van der Waals surface area contributed by atoms with Crippen molar-refractivity contribution in [2.24, 2.45) is 5.92 Å². The van der Waals surface area contributed by atoms with Crippen molar-refractivity contribution in [2.45, 2.75) is 38.5 Å². The molecule has 0 saturated heterocycles. The number of fused-ring (bicyclic) bond motifs is 1. The Labute approximate surface area is 110 Å². The van der Waals surface area contributed by atoms with Gasteiger partial charge in [-0.2, -0.15) is 0 Å². The van der Waals surface area contributed by atoms with Crippen LogP contribution in [0.4, 0.5) is 0 Å². The molecule has 0 amide bonds. The van der Waals surface area contributed by atoms with Gasteiger partial charge in [0.1, 0.15) is 5.75 Å². The van der Waals surface area contributed by atoms with Gasteiger partial charge in [-0.1, -0.05) is 25.0 Å². The van der Waals surface area contributed by atoms with Gasteiger partial charge in [-0.3, -0.25) is 0 Å². The monoisotopic (exact) mass is 245 g/mol. The van der Waals surface area contributed by atoms with Crippen LogP contribution in [0.25, 0.3) is 0 Å². The Morgan fingerprint density at radius 1 is 1.22 bits per heavy atom. The quantitative estimate of drug-likeness (QED) is 0.805. The summed E-state index contributed by atoms with van der Waals surface area (Å²) in [6.07, 6.45) is 7.97. The molecule has 3 rings (SSSR count). The average Bonchev–Trinajstić information content (AvgIpc) is 3.05. The molecule has 0 spiro atoms. The molecular formula is C16H23NO. The molecule has 1 saturated carbocycles. The summed E-state index contributed by atoms with van der Waals surface area (Å²) in [5.74, 6) is 2.04. The van der Waals surface area contributed by atoms with Gasteiger partial charge in [0, 0.05) is 6.42 Å². The molecule has 1 aliphatic heterocycles. The number of rotatable bonds is 5. The van der Waals surface area contributed by atoms with Crippen LogP contribution in [0.3, 0.4) is 0 Å². The van der Waals surface area contributed by atoms with Crippen LogP contribution in [0.5, 0.6) is 5.75 Å². The summed E-state index contributed by atoms with van der Waals surface area (Å²) in [5, 5.41) is 3.61. The standard InChI is InChI=1S/C16H23NO/c1-2-4-14(3-1)12-17-9-7-13-5-6-16-15(11-13)8-10-18-16/h5-6,11,14,17H,1-4,7-10,12H2. The van der Waals surface area contributed by atoms with Crippen LogP contribution in [-0.2, 0) is 12.8 Å². The van der Waals surface area contributed by atoms with E-state index in [1.807, 2.05) is 0 Å². The molecule has 1 aromatic carbocycles. The third-order valence-corrected chi connectivity index (χ3v) is 4.25. The molecule has 1 fully saturated rings. The SMILES string of the molecule is c1cc2c(cc1CCNCC1CCCC1)CCO2. The van der Waals surface area contributed by atoms with Crippen molar-refractivity contribution in [3.8, 4) is 5.75 Å². The number of benzene rings is 1. The van der Waals surface area contributed by atoms with Gasteiger partial charge in [0.25, 0.3) is 0 Å². The molecule has 0 unspecified atom stereocenters. The second-order valence-corrected chi connectivity index (χ2v) is 5.65. The van der Waals surface area contributed by atoms with Gasteiger partial charge in [-0.15, -0.1) is 0 Å². The van der Waals surface area contributed by atoms with E-state index in [-0.39, 0.29) is 0 Å². The first kappa shape index (κ1) is 12.0. The Morgan fingerprint density at radius 2 is 2.11 bits per heavy atom. The van der Waals surface area contributed by atoms with Crippen LogP contribution in [0.1, 0.15) is 36.8 Å². The minimum atomic E-state index is 0.860. The average molecular weight is 245 g/mol. The molecule has 2 aliphatic rings. The first-order valence-corrected chi connectivity index (χ1v) is 7.37. The molecule has 1 heterocycles. The van der Waals surface area contributed by atoms with Crippen LogP contribution in [0.2, 0.25) is 0 Å². The van der Waals surface area contributed by atoms with E-state index in [0.29, 0.717) is 0 Å². The number of hydrogen-bond donors (Lipinski definition) is 1. The Bertz CT molecular complexity index is 396. The van der Waals surface area contributed by atoms with Crippen molar-refractivity contribution in [3.63, 3.8) is 0 Å². The first-order chi connectivity index (χ1) is 8.92. The first-order valence-electron chi connectivity index (χ1n) is 7.37. The van der Waals surface area contributed by atoms with Crippen molar-refractivity contribution in [1.82, 2.24) is 5.32 Å². The molecule has 1 aromatic rings. The Hall–Kier alpha value is -1.02. The van der Waals surface area contributed by atoms with E-state index < -0.39 is 0 Å². The molecule has 0 radical (unpaired) electrons. The molecule has 18 heavy (non-hydrogen) atoms. The minimum Gasteiger partial charge on any atom is -0.493 e. The number of nitrogens with one attached hydrogen (secondary N) is 1. The zero-order chi connectivity index (χ0) is 12.2. The molecular weight excluding hydrogens is 222 g/mol. The summed E-state index contributed by atoms with van der Waals surface area (Å²) in [6.45, 7) is 3.18. The largest absolute Gasteiger partial charge is 0.493 e.